The van der Waals surface area contributed by atoms with Crippen molar-refractivity contribution in [3.8, 4) is 0 Å². The van der Waals surface area contributed by atoms with Crippen LogP contribution in [0.25, 0.3) is 0 Å². The van der Waals surface area contributed by atoms with E-state index in [2.05, 4.69) is 5.32 Å². The number of nitrogens with zero attached hydrogens (tertiary/aromatic N) is 2. The molecule has 0 heterocycles. The molecule has 1 unspecified atom stereocenters. The van der Waals surface area contributed by atoms with Crippen LogP contribution in [0.3, 0.4) is 0 Å². The Morgan fingerprint density at radius 3 is 2.10 bits per heavy atom. The lowest BCUT2D eigenvalue weighted by molar-refractivity contribution is -0.140. The van der Waals surface area contributed by atoms with E-state index in [0.29, 0.717) is 18.7 Å². The maximum atomic E-state index is 14.1. The molecule has 0 spiro atoms. The molecular weight excluding hydrogens is 510 g/mol. The minimum atomic E-state index is -4.09. The van der Waals surface area contributed by atoms with Crippen LogP contribution < -0.4 is 9.62 Å². The van der Waals surface area contributed by atoms with Crippen molar-refractivity contribution in [3.63, 3.8) is 0 Å². The van der Waals surface area contributed by atoms with E-state index in [4.69, 9.17) is 0 Å². The lowest BCUT2D eigenvalue weighted by atomic mass is 10.1. The monoisotopic (exact) mass is 549 g/mol. The molecule has 1 atom stereocenters. The van der Waals surface area contributed by atoms with E-state index in [9.17, 15) is 18.0 Å². The van der Waals surface area contributed by atoms with Crippen LogP contribution in [0.1, 0.15) is 48.1 Å². The molecule has 0 bridgehead atoms. The molecule has 0 radical (unpaired) electrons. The molecule has 0 saturated carbocycles. The molecule has 39 heavy (non-hydrogen) atoms. The van der Waals surface area contributed by atoms with Gasteiger partial charge in [0.15, 0.2) is 0 Å². The zero-order valence-electron chi connectivity index (χ0n) is 23.7. The number of rotatable bonds is 11. The molecule has 208 valence electrons. The first-order valence-corrected chi connectivity index (χ1v) is 14.7. The van der Waals surface area contributed by atoms with Gasteiger partial charge in [-0.25, -0.2) is 8.42 Å². The number of likely N-dealkylation sites (N-methyl/N-ethyl adjacent to an activating group) is 1. The predicted octanol–water partition coefficient (Wildman–Crippen LogP) is 5.06. The molecule has 0 aliphatic heterocycles. The van der Waals surface area contributed by atoms with Crippen molar-refractivity contribution in [2.45, 2.75) is 65.4 Å². The van der Waals surface area contributed by atoms with Gasteiger partial charge < -0.3 is 10.2 Å². The molecular formula is C31H39N3O4S. The number of hydrogen-bond acceptors (Lipinski definition) is 4. The summed E-state index contributed by atoms with van der Waals surface area (Å²) < 4.78 is 29.1. The van der Waals surface area contributed by atoms with Crippen molar-refractivity contribution < 1.29 is 18.0 Å². The van der Waals surface area contributed by atoms with Crippen LogP contribution >= 0.6 is 0 Å². The van der Waals surface area contributed by atoms with Crippen molar-refractivity contribution in [3.05, 3.63) is 94.5 Å². The van der Waals surface area contributed by atoms with E-state index >= 15 is 0 Å². The van der Waals surface area contributed by atoms with Gasteiger partial charge in [0, 0.05) is 13.1 Å². The highest BCUT2D eigenvalue weighted by Crippen LogP contribution is 2.27. The Balaban J connectivity index is 2.10. The lowest BCUT2D eigenvalue weighted by Gasteiger charge is -2.33. The van der Waals surface area contributed by atoms with Crippen molar-refractivity contribution in [1.29, 1.82) is 0 Å². The van der Waals surface area contributed by atoms with Crippen LogP contribution in [0.5, 0.6) is 0 Å². The summed E-state index contributed by atoms with van der Waals surface area (Å²) in [6.45, 7) is 11.5. The van der Waals surface area contributed by atoms with Crippen LogP contribution in [-0.4, -0.2) is 44.3 Å². The average molecular weight is 550 g/mol. The highest BCUT2D eigenvalue weighted by molar-refractivity contribution is 7.92. The second kappa shape index (κ2) is 12.9. The summed E-state index contributed by atoms with van der Waals surface area (Å²) in [6, 6.07) is 18.9. The Bertz CT molecular complexity index is 1420. The molecule has 7 nitrogen and oxygen atoms in total. The van der Waals surface area contributed by atoms with Crippen LogP contribution in [0, 0.1) is 27.7 Å². The minimum absolute atomic E-state index is 0.0975. The van der Waals surface area contributed by atoms with E-state index in [1.54, 1.807) is 36.4 Å². The number of carbonyl (C=O) groups excluding carboxylic acids is 2. The van der Waals surface area contributed by atoms with Crippen molar-refractivity contribution in [2.24, 2.45) is 0 Å². The normalized spacial score (nSPS) is 12.1. The molecule has 0 saturated heterocycles. The number of nitrogens with one attached hydrogen (secondary N) is 1. The summed E-state index contributed by atoms with van der Waals surface area (Å²) in [5.74, 6) is -0.716. The largest absolute Gasteiger partial charge is 0.355 e. The number of sulfonamides is 1. The Kier molecular flexibility index (Phi) is 9.92. The van der Waals surface area contributed by atoms with Crippen molar-refractivity contribution in [1.82, 2.24) is 10.2 Å². The second-order valence-electron chi connectivity index (χ2n) is 9.86. The molecule has 0 fully saturated rings. The van der Waals surface area contributed by atoms with Gasteiger partial charge in [0.25, 0.3) is 10.0 Å². The third-order valence-electron chi connectivity index (χ3n) is 7.01. The smallest absolute Gasteiger partial charge is 0.264 e. The summed E-state index contributed by atoms with van der Waals surface area (Å²) in [4.78, 5) is 28.7. The fraction of sp³-hybridized carbons (Fsp3) is 0.355. The molecule has 1 N–H and O–H groups in total. The fourth-order valence-electron chi connectivity index (χ4n) is 4.43. The predicted molar refractivity (Wildman–Crippen MR) is 156 cm³/mol. The molecule has 8 heteroatoms. The maximum absolute atomic E-state index is 14.1. The van der Waals surface area contributed by atoms with Gasteiger partial charge in [0.2, 0.25) is 11.8 Å². The highest BCUT2D eigenvalue weighted by Gasteiger charge is 2.33. The summed E-state index contributed by atoms with van der Waals surface area (Å²) in [7, 11) is -4.09. The first kappa shape index (κ1) is 29.9. The quantitative estimate of drug-likeness (QED) is 0.362. The van der Waals surface area contributed by atoms with Gasteiger partial charge in [-0.1, -0.05) is 55.0 Å². The maximum Gasteiger partial charge on any atom is 0.264 e. The minimum Gasteiger partial charge on any atom is -0.355 e. The van der Waals surface area contributed by atoms with Gasteiger partial charge in [-0.15, -0.1) is 0 Å². The lowest BCUT2D eigenvalue weighted by Crippen LogP contribution is -2.52. The zero-order chi connectivity index (χ0) is 28.7. The molecule has 3 rings (SSSR count). The van der Waals surface area contributed by atoms with E-state index in [1.165, 1.54) is 4.90 Å². The summed E-state index contributed by atoms with van der Waals surface area (Å²) >= 11 is 0. The van der Waals surface area contributed by atoms with Gasteiger partial charge >= 0.3 is 0 Å². The summed E-state index contributed by atoms with van der Waals surface area (Å²) in [5, 5.41) is 2.83. The van der Waals surface area contributed by atoms with Crippen molar-refractivity contribution >= 4 is 27.5 Å². The van der Waals surface area contributed by atoms with E-state index in [1.807, 2.05) is 71.9 Å². The van der Waals surface area contributed by atoms with Crippen LogP contribution in [0.15, 0.2) is 71.6 Å². The molecule has 0 aliphatic rings. The van der Waals surface area contributed by atoms with Gasteiger partial charge in [-0.2, -0.15) is 0 Å². The number of hydrogen-bond donors (Lipinski definition) is 1. The van der Waals surface area contributed by atoms with E-state index in [0.717, 1.165) is 32.1 Å². The summed E-state index contributed by atoms with van der Waals surface area (Å²) in [6.07, 6.45) is 0.387. The summed E-state index contributed by atoms with van der Waals surface area (Å²) in [5.41, 5.74) is 5.14. The molecule has 3 aromatic rings. The van der Waals surface area contributed by atoms with Crippen LogP contribution in [0.4, 0.5) is 5.69 Å². The van der Waals surface area contributed by atoms with Gasteiger partial charge in [0.1, 0.15) is 12.6 Å². The van der Waals surface area contributed by atoms with E-state index < -0.39 is 28.5 Å². The average Bonchev–Trinajstić information content (AvgIpc) is 2.90. The Hall–Kier alpha value is -3.65. The van der Waals surface area contributed by atoms with Crippen LogP contribution in [0.2, 0.25) is 0 Å². The Labute approximate surface area is 232 Å². The van der Waals surface area contributed by atoms with Gasteiger partial charge in [-0.3, -0.25) is 13.9 Å². The van der Waals surface area contributed by atoms with Gasteiger partial charge in [0.05, 0.1) is 10.6 Å². The number of anilines is 1. The SMILES string of the molecule is CCNC(=O)C(CC)N(Cc1ccccc1C)C(=O)CN(c1ccc(C)c(C)c1)S(=O)(=O)c1ccc(C)cc1. The Morgan fingerprint density at radius 2 is 1.51 bits per heavy atom. The molecule has 3 aromatic carbocycles. The Morgan fingerprint density at radius 1 is 0.846 bits per heavy atom. The number of benzene rings is 3. The number of amides is 2. The molecule has 0 aliphatic carbocycles. The standard InChI is InChI=1S/C31H39N3O4S/c1-7-29(31(36)32-8-2)33(20-26-12-10-9-11-24(26)5)30(35)21-34(27-16-15-23(4)25(6)19-27)39(37,38)28-17-13-22(3)14-18-28/h9-19,29H,7-8,20-21H2,1-6H3,(H,32,36). The first-order chi connectivity index (χ1) is 18.5. The van der Waals surface area contributed by atoms with Crippen molar-refractivity contribution in [2.75, 3.05) is 17.4 Å². The third-order valence-corrected chi connectivity index (χ3v) is 8.79. The fourth-order valence-corrected chi connectivity index (χ4v) is 5.84. The zero-order valence-corrected chi connectivity index (χ0v) is 24.5. The first-order valence-electron chi connectivity index (χ1n) is 13.3. The number of aryl methyl sites for hydroxylation is 4. The second-order valence-corrected chi connectivity index (χ2v) is 11.7. The number of carbonyl (C=O) groups is 2. The highest BCUT2D eigenvalue weighted by atomic mass is 32.2. The third kappa shape index (κ3) is 7.06. The van der Waals surface area contributed by atoms with Gasteiger partial charge in [-0.05, 0) is 87.6 Å². The molecule has 0 aromatic heterocycles. The van der Waals surface area contributed by atoms with Crippen LogP contribution in [-0.2, 0) is 26.2 Å². The molecule has 2 amide bonds. The van der Waals surface area contributed by atoms with E-state index in [-0.39, 0.29) is 17.3 Å². The topological polar surface area (TPSA) is 86.8 Å².